The van der Waals surface area contributed by atoms with Gasteiger partial charge in [-0.2, -0.15) is 0 Å². The summed E-state index contributed by atoms with van der Waals surface area (Å²) >= 11 is 0. The summed E-state index contributed by atoms with van der Waals surface area (Å²) in [5.74, 6) is -2.20. The summed E-state index contributed by atoms with van der Waals surface area (Å²) in [5, 5.41) is 0. The van der Waals surface area contributed by atoms with E-state index >= 15 is 0 Å². The van der Waals surface area contributed by atoms with E-state index in [2.05, 4.69) is 23.5 Å². The maximum atomic E-state index is 13.4. The first kappa shape index (κ1) is 22.1. The summed E-state index contributed by atoms with van der Waals surface area (Å²) in [6.45, 7) is 7.54. The fourth-order valence-electron chi connectivity index (χ4n) is 4.11. The molecule has 1 aromatic carbocycles. The summed E-state index contributed by atoms with van der Waals surface area (Å²) < 4.78 is 53.8. The van der Waals surface area contributed by atoms with E-state index < -0.39 is 21.7 Å². The molecule has 162 valence electrons. The maximum absolute atomic E-state index is 13.4. The molecule has 0 atom stereocenters. The molecule has 1 N–H and O–H groups in total. The minimum absolute atomic E-state index is 0.0791. The van der Waals surface area contributed by atoms with Gasteiger partial charge >= 0.3 is 0 Å². The summed E-state index contributed by atoms with van der Waals surface area (Å²) in [7, 11) is -3.93. The fraction of sp³-hybridized carbons (Fsp3) is 0.650. The molecule has 1 saturated carbocycles. The molecule has 1 aromatic rings. The fourth-order valence-corrected chi connectivity index (χ4v) is 5.42. The lowest BCUT2D eigenvalue weighted by molar-refractivity contribution is -0.138. The Bertz CT molecular complexity index is 831. The van der Waals surface area contributed by atoms with E-state index in [0.717, 1.165) is 38.3 Å². The van der Waals surface area contributed by atoms with Gasteiger partial charge in [-0.15, -0.1) is 0 Å². The van der Waals surface area contributed by atoms with Gasteiger partial charge in [0, 0.05) is 44.2 Å². The third-order valence-corrected chi connectivity index (χ3v) is 7.47. The Morgan fingerprint density at radius 3 is 2.21 bits per heavy atom. The van der Waals surface area contributed by atoms with E-state index in [0.29, 0.717) is 37.8 Å². The van der Waals surface area contributed by atoms with Crippen LogP contribution in [0.15, 0.2) is 23.1 Å². The molecule has 2 fully saturated rings. The van der Waals surface area contributed by atoms with Gasteiger partial charge in [-0.25, -0.2) is 21.9 Å². The molecule has 1 amide bonds. The van der Waals surface area contributed by atoms with Crippen LogP contribution in [0.25, 0.3) is 0 Å². The average molecular weight is 430 g/mol. The Labute approximate surface area is 171 Å². The zero-order chi connectivity index (χ0) is 21.2. The van der Waals surface area contributed by atoms with Gasteiger partial charge in [-0.05, 0) is 57.7 Å². The molecule has 2 aliphatic rings. The van der Waals surface area contributed by atoms with E-state index in [1.165, 1.54) is 0 Å². The van der Waals surface area contributed by atoms with Gasteiger partial charge < -0.3 is 4.90 Å². The highest BCUT2D eigenvalue weighted by Gasteiger charge is 2.33. The Morgan fingerprint density at radius 1 is 1.03 bits per heavy atom. The molecule has 1 aliphatic carbocycles. The number of halogens is 2. The molecule has 0 spiro atoms. The number of rotatable bonds is 5. The Balaban J connectivity index is 1.51. The smallest absolute Gasteiger partial charge is 0.240 e. The van der Waals surface area contributed by atoms with Crippen LogP contribution in [0, 0.1) is 17.6 Å². The number of piperazine rings is 1. The van der Waals surface area contributed by atoms with Crippen molar-refractivity contribution in [3.05, 3.63) is 29.8 Å². The molecular weight excluding hydrogens is 400 g/mol. The molecule has 0 unspecified atom stereocenters. The zero-order valence-electron chi connectivity index (χ0n) is 16.9. The molecular formula is C20H29F2N3O3S. The second kappa shape index (κ2) is 9.06. The zero-order valence-corrected chi connectivity index (χ0v) is 17.7. The largest absolute Gasteiger partial charge is 0.340 e. The van der Waals surface area contributed by atoms with Crippen LogP contribution in [0.5, 0.6) is 0 Å². The molecule has 29 heavy (non-hydrogen) atoms. The van der Waals surface area contributed by atoms with Crippen LogP contribution in [0.4, 0.5) is 8.78 Å². The topological polar surface area (TPSA) is 69.7 Å². The Morgan fingerprint density at radius 2 is 1.66 bits per heavy atom. The minimum atomic E-state index is -3.93. The van der Waals surface area contributed by atoms with Crippen LogP contribution in [-0.2, 0) is 14.8 Å². The number of sulfonamides is 1. The predicted molar refractivity (Wildman–Crippen MR) is 106 cm³/mol. The number of benzene rings is 1. The Kier molecular flexibility index (Phi) is 6.90. The summed E-state index contributed by atoms with van der Waals surface area (Å²) in [4.78, 5) is 16.8. The van der Waals surface area contributed by atoms with E-state index in [-0.39, 0.29) is 22.8 Å². The first-order valence-electron chi connectivity index (χ1n) is 10.2. The first-order chi connectivity index (χ1) is 13.7. The summed E-state index contributed by atoms with van der Waals surface area (Å²) in [5.41, 5.74) is 0. The highest BCUT2D eigenvalue weighted by Crippen LogP contribution is 2.28. The van der Waals surface area contributed by atoms with Crippen molar-refractivity contribution in [1.29, 1.82) is 0 Å². The second-order valence-electron chi connectivity index (χ2n) is 8.20. The highest BCUT2D eigenvalue weighted by atomic mass is 32.2. The number of nitrogens with zero attached hydrogens (tertiary/aromatic N) is 2. The summed E-state index contributed by atoms with van der Waals surface area (Å²) in [6.07, 6.45) is 2.33. The van der Waals surface area contributed by atoms with E-state index in [1.54, 1.807) is 0 Å². The number of nitrogens with one attached hydrogen (secondary N) is 1. The van der Waals surface area contributed by atoms with Crippen molar-refractivity contribution >= 4 is 15.9 Å². The molecule has 0 radical (unpaired) electrons. The predicted octanol–water partition coefficient (Wildman–Crippen LogP) is 2.35. The van der Waals surface area contributed by atoms with E-state index in [9.17, 15) is 22.0 Å². The lowest BCUT2D eigenvalue weighted by Crippen LogP contribution is -2.52. The molecule has 1 saturated heterocycles. The lowest BCUT2D eigenvalue weighted by atomic mass is 9.85. The van der Waals surface area contributed by atoms with Crippen molar-refractivity contribution < 1.29 is 22.0 Å². The molecule has 9 heteroatoms. The SMILES string of the molecule is CC(C)N1CCN(C(=O)[C@H]2CC[C@H](NS(=O)(=O)c3ccc(F)c(F)c3)CC2)CC1. The molecule has 3 rings (SSSR count). The molecule has 0 bridgehead atoms. The van der Waals surface area contributed by atoms with Crippen molar-refractivity contribution in [1.82, 2.24) is 14.5 Å². The van der Waals surface area contributed by atoms with Gasteiger partial charge in [0.2, 0.25) is 15.9 Å². The van der Waals surface area contributed by atoms with Crippen molar-refractivity contribution in [3.63, 3.8) is 0 Å². The monoisotopic (exact) mass is 429 g/mol. The van der Waals surface area contributed by atoms with Gasteiger partial charge in [-0.1, -0.05) is 0 Å². The normalized spacial score (nSPS) is 24.1. The van der Waals surface area contributed by atoms with Crippen LogP contribution >= 0.6 is 0 Å². The third-order valence-electron chi connectivity index (χ3n) is 5.96. The number of carbonyl (C=O) groups excluding carboxylic acids is 1. The van der Waals surface area contributed by atoms with Gasteiger partial charge in [0.25, 0.3) is 0 Å². The number of hydrogen-bond acceptors (Lipinski definition) is 4. The van der Waals surface area contributed by atoms with Crippen molar-refractivity contribution in [2.45, 2.75) is 56.5 Å². The molecule has 6 nitrogen and oxygen atoms in total. The van der Waals surface area contributed by atoms with Gasteiger partial charge in [-0.3, -0.25) is 9.69 Å². The van der Waals surface area contributed by atoms with Crippen LogP contribution in [-0.4, -0.2) is 62.4 Å². The second-order valence-corrected chi connectivity index (χ2v) is 9.91. The van der Waals surface area contributed by atoms with Crippen LogP contribution in [0.1, 0.15) is 39.5 Å². The molecule has 1 heterocycles. The van der Waals surface area contributed by atoms with E-state index in [4.69, 9.17) is 0 Å². The quantitative estimate of drug-likeness (QED) is 0.780. The minimum Gasteiger partial charge on any atom is -0.340 e. The van der Waals surface area contributed by atoms with Crippen molar-refractivity contribution in [3.8, 4) is 0 Å². The maximum Gasteiger partial charge on any atom is 0.240 e. The van der Waals surface area contributed by atoms with Gasteiger partial charge in [0.05, 0.1) is 4.90 Å². The summed E-state index contributed by atoms with van der Waals surface area (Å²) in [6, 6.07) is 2.70. The lowest BCUT2D eigenvalue weighted by Gasteiger charge is -2.39. The van der Waals surface area contributed by atoms with E-state index in [1.807, 2.05) is 4.90 Å². The molecule has 0 aromatic heterocycles. The van der Waals surface area contributed by atoms with Crippen molar-refractivity contribution in [2.75, 3.05) is 26.2 Å². The van der Waals surface area contributed by atoms with Crippen molar-refractivity contribution in [2.24, 2.45) is 5.92 Å². The first-order valence-corrected chi connectivity index (χ1v) is 11.7. The number of amides is 1. The number of hydrogen-bond donors (Lipinski definition) is 1. The van der Waals surface area contributed by atoms with Gasteiger partial charge in [0.15, 0.2) is 11.6 Å². The molecule has 1 aliphatic heterocycles. The van der Waals surface area contributed by atoms with Crippen LogP contribution < -0.4 is 4.72 Å². The van der Waals surface area contributed by atoms with Crippen LogP contribution in [0.2, 0.25) is 0 Å². The number of carbonyl (C=O) groups is 1. The highest BCUT2D eigenvalue weighted by molar-refractivity contribution is 7.89. The standard InChI is InChI=1S/C20H29F2N3O3S/c1-14(2)24-9-11-25(12-10-24)20(26)15-3-5-16(6-4-15)23-29(27,28)17-7-8-18(21)19(22)13-17/h7-8,13-16,23H,3-6,9-12H2,1-2H3/t15-,16-. The third kappa shape index (κ3) is 5.32. The van der Waals surface area contributed by atoms with Gasteiger partial charge in [0.1, 0.15) is 0 Å². The van der Waals surface area contributed by atoms with Crippen LogP contribution in [0.3, 0.4) is 0 Å². The Hall–Kier alpha value is -1.58. The average Bonchev–Trinajstić information content (AvgIpc) is 2.70.